The molecule has 1 heterocycles. The molecule has 5 heteroatoms. The molecule has 1 aromatic heterocycles. The van der Waals surface area contributed by atoms with Crippen LogP contribution in [0, 0.1) is 0 Å². The van der Waals surface area contributed by atoms with Gasteiger partial charge in [-0.2, -0.15) is 0 Å². The van der Waals surface area contributed by atoms with E-state index >= 15 is 0 Å². The Morgan fingerprint density at radius 3 is 2.79 bits per heavy atom. The molecule has 4 nitrogen and oxygen atoms in total. The van der Waals surface area contributed by atoms with Gasteiger partial charge in [0.15, 0.2) is 0 Å². The third-order valence-electron chi connectivity index (χ3n) is 3.23. The van der Waals surface area contributed by atoms with E-state index in [4.69, 9.17) is 4.74 Å². The molecule has 0 atom stereocenters. The second-order valence-electron chi connectivity index (χ2n) is 4.72. The van der Waals surface area contributed by atoms with Gasteiger partial charge in [0.2, 0.25) is 5.16 Å². The average Bonchev–Trinajstić information content (AvgIpc) is 3.20. The molecule has 19 heavy (non-hydrogen) atoms. The van der Waals surface area contributed by atoms with Gasteiger partial charge >= 0.3 is 0 Å². The molecule has 1 aromatic carbocycles. The molecule has 3 rings (SSSR count). The molecule has 0 aliphatic heterocycles. The Labute approximate surface area is 117 Å². The van der Waals surface area contributed by atoms with Crippen LogP contribution in [0.4, 0.5) is 0 Å². The van der Waals surface area contributed by atoms with Gasteiger partial charge in [0.05, 0.1) is 7.11 Å². The summed E-state index contributed by atoms with van der Waals surface area (Å²) in [7, 11) is 1.69. The maximum Gasteiger partial charge on any atom is 0.208 e. The van der Waals surface area contributed by atoms with Crippen LogP contribution >= 0.6 is 11.8 Å². The zero-order chi connectivity index (χ0) is 13.1. The van der Waals surface area contributed by atoms with Crippen molar-refractivity contribution in [3.8, 4) is 5.75 Å². The van der Waals surface area contributed by atoms with Crippen LogP contribution in [0.3, 0.4) is 0 Å². The molecular formula is C14H17N3OS. The number of aryl methyl sites for hydroxylation is 1. The van der Waals surface area contributed by atoms with Crippen molar-refractivity contribution in [1.29, 1.82) is 0 Å². The molecule has 100 valence electrons. The van der Waals surface area contributed by atoms with Crippen LogP contribution in [0.1, 0.15) is 30.1 Å². The predicted molar refractivity (Wildman–Crippen MR) is 75.8 cm³/mol. The van der Waals surface area contributed by atoms with Crippen molar-refractivity contribution in [3.05, 3.63) is 35.7 Å². The van der Waals surface area contributed by atoms with Gasteiger partial charge in [-0.25, -0.2) is 4.98 Å². The number of thioether (sulfide) groups is 1. The Kier molecular flexibility index (Phi) is 3.73. The summed E-state index contributed by atoms with van der Waals surface area (Å²) >= 11 is 1.71. The zero-order valence-electron chi connectivity index (χ0n) is 10.9. The molecule has 0 spiro atoms. The van der Waals surface area contributed by atoms with Crippen molar-refractivity contribution in [2.75, 3.05) is 12.9 Å². The van der Waals surface area contributed by atoms with E-state index in [1.165, 1.54) is 18.4 Å². The first kappa shape index (κ1) is 12.5. The number of nitrogens with zero attached hydrogens (tertiary/aromatic N) is 2. The quantitative estimate of drug-likeness (QED) is 0.823. The number of methoxy groups -OCH3 is 1. The summed E-state index contributed by atoms with van der Waals surface area (Å²) in [5, 5.41) is 8.15. The number of aromatic nitrogens is 3. The van der Waals surface area contributed by atoms with Crippen LogP contribution < -0.4 is 4.74 Å². The van der Waals surface area contributed by atoms with Gasteiger partial charge in [-0.05, 0) is 37.0 Å². The van der Waals surface area contributed by atoms with E-state index in [2.05, 4.69) is 27.3 Å². The summed E-state index contributed by atoms with van der Waals surface area (Å²) in [6, 6.07) is 8.20. The second-order valence-corrected chi connectivity index (χ2v) is 5.79. The summed E-state index contributed by atoms with van der Waals surface area (Å²) in [5.74, 6) is 3.60. The summed E-state index contributed by atoms with van der Waals surface area (Å²) in [4.78, 5) is 4.51. The highest BCUT2D eigenvalue weighted by Gasteiger charge is 2.27. The Balaban J connectivity index is 1.48. The fourth-order valence-corrected chi connectivity index (χ4v) is 2.71. The minimum absolute atomic E-state index is 0.642. The van der Waals surface area contributed by atoms with Gasteiger partial charge in [-0.3, -0.25) is 5.10 Å². The third kappa shape index (κ3) is 3.29. The van der Waals surface area contributed by atoms with E-state index in [1.807, 2.05) is 12.1 Å². The number of nitrogens with one attached hydrogen (secondary N) is 1. The average molecular weight is 275 g/mol. The lowest BCUT2D eigenvalue weighted by Gasteiger charge is -2.02. The zero-order valence-corrected chi connectivity index (χ0v) is 11.7. The standard InChI is InChI=1S/C14H17N3OS/c1-18-12-6-2-10(3-7-12)8-9-19-14-15-13(16-17-14)11-4-5-11/h2-3,6-7,11H,4-5,8-9H2,1H3,(H,15,16,17). The van der Waals surface area contributed by atoms with E-state index in [0.29, 0.717) is 5.92 Å². The van der Waals surface area contributed by atoms with Crippen molar-refractivity contribution in [2.45, 2.75) is 30.3 Å². The monoisotopic (exact) mass is 275 g/mol. The highest BCUT2D eigenvalue weighted by molar-refractivity contribution is 7.99. The van der Waals surface area contributed by atoms with Gasteiger partial charge in [-0.15, -0.1) is 5.10 Å². The molecule has 0 radical (unpaired) electrons. The summed E-state index contributed by atoms with van der Waals surface area (Å²) in [6.07, 6.45) is 3.53. The van der Waals surface area contributed by atoms with E-state index in [9.17, 15) is 0 Å². The van der Waals surface area contributed by atoms with Crippen LogP contribution in [0.2, 0.25) is 0 Å². The Hall–Kier alpha value is -1.49. The number of benzene rings is 1. The van der Waals surface area contributed by atoms with Crippen molar-refractivity contribution >= 4 is 11.8 Å². The number of hydrogen-bond donors (Lipinski definition) is 1. The van der Waals surface area contributed by atoms with Gasteiger partial charge in [0.1, 0.15) is 11.6 Å². The molecule has 0 bridgehead atoms. The van der Waals surface area contributed by atoms with Crippen molar-refractivity contribution < 1.29 is 4.74 Å². The van der Waals surface area contributed by atoms with Crippen molar-refractivity contribution in [1.82, 2.24) is 15.2 Å². The van der Waals surface area contributed by atoms with Crippen LogP contribution in [-0.4, -0.2) is 28.0 Å². The SMILES string of the molecule is COc1ccc(CCSc2n[nH]c(C3CC3)n2)cc1. The fraction of sp³-hybridized carbons (Fsp3) is 0.429. The highest BCUT2D eigenvalue weighted by Crippen LogP contribution is 2.38. The minimum atomic E-state index is 0.642. The summed E-state index contributed by atoms with van der Waals surface area (Å²) in [5.41, 5.74) is 1.31. The molecule has 1 aliphatic carbocycles. The largest absolute Gasteiger partial charge is 0.497 e. The maximum atomic E-state index is 5.14. The summed E-state index contributed by atoms with van der Waals surface area (Å²) < 4.78 is 5.14. The number of aromatic amines is 1. The van der Waals surface area contributed by atoms with Gasteiger partial charge < -0.3 is 4.74 Å². The van der Waals surface area contributed by atoms with Gasteiger partial charge in [0, 0.05) is 11.7 Å². The van der Waals surface area contributed by atoms with Crippen molar-refractivity contribution in [2.24, 2.45) is 0 Å². The van der Waals surface area contributed by atoms with Gasteiger partial charge in [-0.1, -0.05) is 23.9 Å². The topological polar surface area (TPSA) is 50.8 Å². The molecule has 1 fully saturated rings. The Morgan fingerprint density at radius 2 is 2.11 bits per heavy atom. The van der Waals surface area contributed by atoms with E-state index < -0.39 is 0 Å². The molecule has 0 unspecified atom stereocenters. The molecule has 1 saturated carbocycles. The first-order chi connectivity index (χ1) is 9.35. The maximum absolute atomic E-state index is 5.14. The fourth-order valence-electron chi connectivity index (χ4n) is 1.91. The first-order valence-corrected chi connectivity index (χ1v) is 7.52. The number of rotatable bonds is 6. The number of hydrogen-bond acceptors (Lipinski definition) is 4. The second kappa shape index (κ2) is 5.65. The van der Waals surface area contributed by atoms with E-state index in [-0.39, 0.29) is 0 Å². The molecule has 0 amide bonds. The molecular weight excluding hydrogens is 258 g/mol. The number of H-pyrrole nitrogens is 1. The molecule has 1 aliphatic rings. The van der Waals surface area contributed by atoms with Crippen LogP contribution in [0.25, 0.3) is 0 Å². The smallest absolute Gasteiger partial charge is 0.208 e. The lowest BCUT2D eigenvalue weighted by Crippen LogP contribution is -1.90. The Morgan fingerprint density at radius 1 is 1.32 bits per heavy atom. The normalized spacial score (nSPS) is 14.6. The third-order valence-corrected chi connectivity index (χ3v) is 4.08. The molecule has 0 saturated heterocycles. The van der Waals surface area contributed by atoms with E-state index in [1.54, 1.807) is 18.9 Å². The van der Waals surface area contributed by atoms with Gasteiger partial charge in [0.25, 0.3) is 0 Å². The van der Waals surface area contributed by atoms with Crippen LogP contribution in [-0.2, 0) is 6.42 Å². The molecule has 1 N–H and O–H groups in total. The molecule has 2 aromatic rings. The number of ether oxygens (including phenoxy) is 1. The first-order valence-electron chi connectivity index (χ1n) is 6.53. The van der Waals surface area contributed by atoms with Crippen LogP contribution in [0.15, 0.2) is 29.4 Å². The van der Waals surface area contributed by atoms with Crippen molar-refractivity contribution in [3.63, 3.8) is 0 Å². The lowest BCUT2D eigenvalue weighted by atomic mass is 10.2. The minimum Gasteiger partial charge on any atom is -0.497 e. The predicted octanol–water partition coefficient (Wildman–Crippen LogP) is 3.03. The van der Waals surface area contributed by atoms with Crippen LogP contribution in [0.5, 0.6) is 5.75 Å². The Bertz CT molecular complexity index is 534. The van der Waals surface area contributed by atoms with E-state index in [0.717, 1.165) is 28.9 Å². The highest BCUT2D eigenvalue weighted by atomic mass is 32.2. The lowest BCUT2D eigenvalue weighted by molar-refractivity contribution is 0.414. The summed E-state index contributed by atoms with van der Waals surface area (Å²) in [6.45, 7) is 0.